The number of morpholine rings is 1. The van der Waals surface area contributed by atoms with E-state index in [4.69, 9.17) is 18.9 Å². The van der Waals surface area contributed by atoms with Crippen LogP contribution < -0.4 is 19.7 Å². The van der Waals surface area contributed by atoms with Crippen molar-refractivity contribution in [1.29, 1.82) is 0 Å². The van der Waals surface area contributed by atoms with Gasteiger partial charge in [0.1, 0.15) is 11.5 Å². The van der Waals surface area contributed by atoms with E-state index in [9.17, 15) is 22.8 Å². The van der Waals surface area contributed by atoms with E-state index in [1.54, 1.807) is 24.3 Å². The second-order valence-corrected chi connectivity index (χ2v) is 7.64. The average molecular weight is 496 g/mol. The molecule has 1 atom stereocenters. The van der Waals surface area contributed by atoms with Crippen LogP contribution >= 0.6 is 0 Å². The minimum absolute atomic E-state index is 0.0275. The molecule has 0 aliphatic carbocycles. The van der Waals surface area contributed by atoms with Crippen LogP contribution in [0.25, 0.3) is 0 Å². The zero-order chi connectivity index (χ0) is 25.4. The molecule has 1 fully saturated rings. The van der Waals surface area contributed by atoms with Gasteiger partial charge in [0.25, 0.3) is 5.91 Å². The molecule has 0 radical (unpaired) electrons. The molecule has 190 valence electrons. The number of rotatable bonds is 9. The number of hydrogen-bond acceptors (Lipinski definition) is 7. The van der Waals surface area contributed by atoms with E-state index in [1.807, 2.05) is 11.8 Å². The summed E-state index contributed by atoms with van der Waals surface area (Å²) in [6.07, 6.45) is -5.85. The summed E-state index contributed by atoms with van der Waals surface area (Å²) >= 11 is 0. The van der Waals surface area contributed by atoms with E-state index in [2.05, 4.69) is 5.32 Å². The number of halogens is 3. The Morgan fingerprint density at radius 1 is 1.06 bits per heavy atom. The molecule has 8 nitrogen and oxygen atoms in total. The Kier molecular flexibility index (Phi) is 8.80. The largest absolute Gasteiger partial charge is 0.494 e. The first kappa shape index (κ1) is 26.1. The first-order valence-electron chi connectivity index (χ1n) is 11.1. The molecular formula is C24H27F3N2O6. The number of alkyl halides is 3. The Morgan fingerprint density at radius 2 is 1.69 bits per heavy atom. The molecule has 2 aromatic rings. The Bertz CT molecular complexity index is 1010. The highest BCUT2D eigenvalue weighted by Crippen LogP contribution is 2.36. The second-order valence-electron chi connectivity index (χ2n) is 7.64. The summed E-state index contributed by atoms with van der Waals surface area (Å²) in [6.45, 7) is 4.99. The molecule has 3 rings (SSSR count). The molecule has 0 spiro atoms. The van der Waals surface area contributed by atoms with Crippen LogP contribution in [0.2, 0.25) is 0 Å². The van der Waals surface area contributed by atoms with Gasteiger partial charge in [-0.15, -0.1) is 0 Å². The van der Waals surface area contributed by atoms with Gasteiger partial charge >= 0.3 is 12.1 Å². The minimum Gasteiger partial charge on any atom is -0.494 e. The first-order valence-corrected chi connectivity index (χ1v) is 11.1. The van der Waals surface area contributed by atoms with Crippen molar-refractivity contribution >= 4 is 23.3 Å². The predicted molar refractivity (Wildman–Crippen MR) is 122 cm³/mol. The number of hydrogen-bond donors (Lipinski definition) is 1. The van der Waals surface area contributed by atoms with Crippen LogP contribution in [0, 0.1) is 0 Å². The van der Waals surface area contributed by atoms with E-state index < -0.39 is 36.3 Å². The van der Waals surface area contributed by atoms with E-state index in [0.717, 1.165) is 12.1 Å². The van der Waals surface area contributed by atoms with E-state index in [0.29, 0.717) is 50.1 Å². The zero-order valence-corrected chi connectivity index (χ0v) is 19.4. The normalized spacial score (nSPS) is 14.7. The summed E-state index contributed by atoms with van der Waals surface area (Å²) in [5.41, 5.74) is -0.509. The maximum Gasteiger partial charge on any atom is 0.416 e. The van der Waals surface area contributed by atoms with Crippen molar-refractivity contribution in [1.82, 2.24) is 0 Å². The van der Waals surface area contributed by atoms with Gasteiger partial charge in [-0.25, -0.2) is 4.79 Å². The van der Waals surface area contributed by atoms with Crippen molar-refractivity contribution in [2.24, 2.45) is 0 Å². The van der Waals surface area contributed by atoms with E-state index >= 15 is 0 Å². The summed E-state index contributed by atoms with van der Waals surface area (Å²) in [7, 11) is 0. The first-order chi connectivity index (χ1) is 16.7. The van der Waals surface area contributed by atoms with E-state index in [-0.39, 0.29) is 5.69 Å². The molecule has 1 heterocycles. The highest BCUT2D eigenvalue weighted by atomic mass is 19.4. The van der Waals surface area contributed by atoms with E-state index in [1.165, 1.54) is 13.0 Å². The van der Waals surface area contributed by atoms with Crippen molar-refractivity contribution < 1.29 is 41.7 Å². The molecule has 1 unspecified atom stereocenters. The molecule has 1 N–H and O–H groups in total. The molecule has 1 aliphatic heterocycles. The molecule has 11 heteroatoms. The standard InChI is InChI=1S/C24H27F3N2O6/c1-3-33-18-5-7-19(8-6-18)34-15-22(30)35-16(2)23(31)28-20-14-17(24(25,26)27)4-9-21(20)29-10-12-32-13-11-29/h4-9,14,16H,3,10-13,15H2,1-2H3,(H,28,31). The quantitative estimate of drug-likeness (QED) is 0.527. The lowest BCUT2D eigenvalue weighted by Crippen LogP contribution is -2.37. The van der Waals surface area contributed by atoms with Crippen molar-refractivity contribution in [3.05, 3.63) is 48.0 Å². The third-order valence-corrected chi connectivity index (χ3v) is 5.10. The lowest BCUT2D eigenvalue weighted by atomic mass is 10.1. The fraction of sp³-hybridized carbons (Fsp3) is 0.417. The Hall–Kier alpha value is -3.47. The van der Waals surface area contributed by atoms with Gasteiger partial charge in [0.2, 0.25) is 0 Å². The highest BCUT2D eigenvalue weighted by molar-refractivity contribution is 5.98. The van der Waals surface area contributed by atoms with Crippen molar-refractivity contribution in [2.45, 2.75) is 26.1 Å². The monoisotopic (exact) mass is 496 g/mol. The van der Waals surface area contributed by atoms with Crippen molar-refractivity contribution in [3.8, 4) is 11.5 Å². The number of ether oxygens (including phenoxy) is 4. The van der Waals surface area contributed by atoms with Crippen LogP contribution in [0.3, 0.4) is 0 Å². The molecule has 0 aromatic heterocycles. The van der Waals surface area contributed by atoms with Gasteiger partial charge in [-0.3, -0.25) is 4.79 Å². The van der Waals surface area contributed by atoms with Crippen molar-refractivity contribution in [2.75, 3.05) is 49.7 Å². The minimum atomic E-state index is -4.58. The molecule has 0 bridgehead atoms. The lowest BCUT2D eigenvalue weighted by molar-refractivity contribution is -0.155. The zero-order valence-electron chi connectivity index (χ0n) is 19.4. The third kappa shape index (κ3) is 7.51. The SMILES string of the molecule is CCOc1ccc(OCC(=O)OC(C)C(=O)Nc2cc(C(F)(F)F)ccc2N2CCOCC2)cc1. The maximum absolute atomic E-state index is 13.3. The van der Waals surface area contributed by atoms with Crippen LogP contribution in [0.4, 0.5) is 24.5 Å². The van der Waals surface area contributed by atoms with Gasteiger partial charge in [-0.2, -0.15) is 13.2 Å². The molecule has 0 saturated carbocycles. The number of amides is 1. The van der Waals surface area contributed by atoms with Gasteiger partial charge in [0.05, 0.1) is 36.8 Å². The smallest absolute Gasteiger partial charge is 0.416 e. The number of nitrogens with zero attached hydrogens (tertiary/aromatic N) is 1. The Morgan fingerprint density at radius 3 is 2.29 bits per heavy atom. The summed E-state index contributed by atoms with van der Waals surface area (Å²) in [5, 5.41) is 2.46. The number of nitrogens with one attached hydrogen (secondary N) is 1. The number of carbonyl (C=O) groups is 2. The van der Waals surface area contributed by atoms with Crippen LogP contribution in [0.15, 0.2) is 42.5 Å². The van der Waals surface area contributed by atoms with Crippen LogP contribution in [-0.4, -0.2) is 57.5 Å². The number of anilines is 2. The summed E-state index contributed by atoms with van der Waals surface area (Å²) in [5.74, 6) is -0.521. The molecule has 1 amide bonds. The Labute approximate surface area is 200 Å². The molecule has 2 aromatic carbocycles. The van der Waals surface area contributed by atoms with Crippen molar-refractivity contribution in [3.63, 3.8) is 0 Å². The molecule has 1 saturated heterocycles. The predicted octanol–water partition coefficient (Wildman–Crippen LogP) is 3.89. The van der Waals surface area contributed by atoms with Gasteiger partial charge < -0.3 is 29.2 Å². The fourth-order valence-corrected chi connectivity index (χ4v) is 3.35. The molecule has 1 aliphatic rings. The average Bonchev–Trinajstić information content (AvgIpc) is 2.83. The van der Waals surface area contributed by atoms with Gasteiger partial charge in [0, 0.05) is 13.1 Å². The summed E-state index contributed by atoms with van der Waals surface area (Å²) in [6, 6.07) is 9.74. The van der Waals surface area contributed by atoms with Crippen LogP contribution in [0.1, 0.15) is 19.4 Å². The fourth-order valence-electron chi connectivity index (χ4n) is 3.35. The van der Waals surface area contributed by atoms with Gasteiger partial charge in [-0.1, -0.05) is 0 Å². The summed E-state index contributed by atoms with van der Waals surface area (Å²) < 4.78 is 60.8. The lowest BCUT2D eigenvalue weighted by Gasteiger charge is -2.31. The Balaban J connectivity index is 1.61. The topological polar surface area (TPSA) is 86.3 Å². The number of esters is 1. The number of carbonyl (C=O) groups excluding carboxylic acids is 2. The van der Waals surface area contributed by atoms with Gasteiger partial charge in [0.15, 0.2) is 12.7 Å². The van der Waals surface area contributed by atoms with Crippen LogP contribution in [0.5, 0.6) is 11.5 Å². The maximum atomic E-state index is 13.3. The van der Waals surface area contributed by atoms with Crippen LogP contribution in [-0.2, 0) is 25.2 Å². The highest BCUT2D eigenvalue weighted by Gasteiger charge is 2.32. The molecular weight excluding hydrogens is 469 g/mol. The second kappa shape index (κ2) is 11.8. The third-order valence-electron chi connectivity index (χ3n) is 5.10. The van der Waals surface area contributed by atoms with Gasteiger partial charge in [-0.05, 0) is 56.3 Å². The summed E-state index contributed by atoms with van der Waals surface area (Å²) in [4.78, 5) is 26.6. The number of benzene rings is 2. The molecule has 35 heavy (non-hydrogen) atoms.